The van der Waals surface area contributed by atoms with Gasteiger partial charge in [0, 0.05) is 8.96 Å². The van der Waals surface area contributed by atoms with Gasteiger partial charge in [-0.1, -0.05) is 48.5 Å². The van der Waals surface area contributed by atoms with Crippen molar-refractivity contribution < 1.29 is 4.79 Å². The number of benzene rings is 3. The molecule has 0 aliphatic rings. The van der Waals surface area contributed by atoms with E-state index < -0.39 is 0 Å². The number of amides is 2. The van der Waals surface area contributed by atoms with Crippen molar-refractivity contribution in [2.45, 2.75) is 0 Å². The van der Waals surface area contributed by atoms with Crippen LogP contribution in [0.5, 0.6) is 0 Å². The number of para-hydroxylation sites is 1. The first kappa shape index (κ1) is 13.9. The van der Waals surface area contributed by atoms with Crippen LogP contribution < -0.4 is 10.6 Å². The zero-order valence-corrected chi connectivity index (χ0v) is 13.3. The topological polar surface area (TPSA) is 41.1 Å². The second-order valence-electron chi connectivity index (χ2n) is 4.59. The Labute approximate surface area is 136 Å². The second-order valence-corrected chi connectivity index (χ2v) is 5.75. The Morgan fingerprint density at radius 2 is 1.38 bits per heavy atom. The molecule has 2 amide bonds. The van der Waals surface area contributed by atoms with Gasteiger partial charge in [-0.2, -0.15) is 0 Å². The van der Waals surface area contributed by atoms with Crippen LogP contribution in [0.2, 0.25) is 0 Å². The van der Waals surface area contributed by atoms with E-state index in [1.54, 1.807) is 0 Å². The van der Waals surface area contributed by atoms with E-state index in [2.05, 4.69) is 33.2 Å². The van der Waals surface area contributed by atoms with Gasteiger partial charge in [-0.15, -0.1) is 0 Å². The van der Waals surface area contributed by atoms with E-state index in [0.29, 0.717) is 0 Å². The van der Waals surface area contributed by atoms with Gasteiger partial charge >= 0.3 is 6.03 Å². The van der Waals surface area contributed by atoms with Crippen LogP contribution in [0.25, 0.3) is 10.8 Å². The van der Waals surface area contributed by atoms with Crippen LogP contribution in [0.1, 0.15) is 0 Å². The zero-order chi connectivity index (χ0) is 14.7. The number of anilines is 2. The summed E-state index contributed by atoms with van der Waals surface area (Å²) in [6.07, 6.45) is 0. The van der Waals surface area contributed by atoms with E-state index in [4.69, 9.17) is 0 Å². The van der Waals surface area contributed by atoms with Crippen molar-refractivity contribution in [2.75, 3.05) is 10.6 Å². The number of hydrogen-bond donors (Lipinski definition) is 2. The quantitative estimate of drug-likeness (QED) is 0.590. The van der Waals surface area contributed by atoms with Crippen LogP contribution in [-0.2, 0) is 0 Å². The first-order valence-corrected chi connectivity index (χ1v) is 7.62. The molecule has 21 heavy (non-hydrogen) atoms. The van der Waals surface area contributed by atoms with Gasteiger partial charge in [0.15, 0.2) is 0 Å². The minimum atomic E-state index is -0.240. The third kappa shape index (κ3) is 3.16. The van der Waals surface area contributed by atoms with Crippen molar-refractivity contribution in [3.63, 3.8) is 0 Å². The number of nitrogens with one attached hydrogen (secondary N) is 2. The SMILES string of the molecule is O=C(Nc1ccccc1I)Nc1cccc2ccccc12. The smallest absolute Gasteiger partial charge is 0.307 e. The molecule has 2 N–H and O–H groups in total. The van der Waals surface area contributed by atoms with Crippen molar-refractivity contribution in [1.29, 1.82) is 0 Å². The van der Waals surface area contributed by atoms with Gasteiger partial charge < -0.3 is 10.6 Å². The van der Waals surface area contributed by atoms with Gasteiger partial charge in [-0.05, 0) is 46.2 Å². The average molecular weight is 388 g/mol. The summed E-state index contributed by atoms with van der Waals surface area (Å²) in [4.78, 5) is 12.2. The molecule has 0 fully saturated rings. The van der Waals surface area contributed by atoms with Gasteiger partial charge in [-0.3, -0.25) is 0 Å². The molecule has 0 unspecified atom stereocenters. The highest BCUT2D eigenvalue weighted by atomic mass is 127. The first-order valence-electron chi connectivity index (χ1n) is 6.54. The van der Waals surface area contributed by atoms with E-state index in [1.165, 1.54) is 0 Å². The molecule has 0 saturated heterocycles. The summed E-state index contributed by atoms with van der Waals surface area (Å²) in [6.45, 7) is 0. The Hall–Kier alpha value is -2.08. The van der Waals surface area contributed by atoms with E-state index in [1.807, 2.05) is 66.7 Å². The maximum Gasteiger partial charge on any atom is 0.323 e. The molecule has 4 heteroatoms. The molecule has 0 atom stereocenters. The lowest BCUT2D eigenvalue weighted by Gasteiger charge is -2.11. The Bertz CT molecular complexity index is 796. The number of carbonyl (C=O) groups is 1. The fraction of sp³-hybridized carbons (Fsp3) is 0. The van der Waals surface area contributed by atoms with E-state index in [0.717, 1.165) is 25.7 Å². The highest BCUT2D eigenvalue weighted by molar-refractivity contribution is 14.1. The second kappa shape index (κ2) is 6.13. The average Bonchev–Trinajstić information content (AvgIpc) is 2.50. The third-order valence-corrected chi connectivity index (χ3v) is 4.10. The molecule has 0 saturated carbocycles. The minimum Gasteiger partial charge on any atom is -0.307 e. The fourth-order valence-corrected chi connectivity index (χ4v) is 2.70. The summed E-state index contributed by atoms with van der Waals surface area (Å²) in [7, 11) is 0. The molecule has 0 radical (unpaired) electrons. The molecule has 3 aromatic rings. The maximum absolute atomic E-state index is 12.2. The highest BCUT2D eigenvalue weighted by Crippen LogP contribution is 2.23. The summed E-state index contributed by atoms with van der Waals surface area (Å²) < 4.78 is 1.00. The summed E-state index contributed by atoms with van der Waals surface area (Å²) >= 11 is 2.20. The van der Waals surface area contributed by atoms with E-state index >= 15 is 0 Å². The lowest BCUT2D eigenvalue weighted by atomic mass is 10.1. The summed E-state index contributed by atoms with van der Waals surface area (Å²) in [5.41, 5.74) is 1.60. The number of halogens is 1. The largest absolute Gasteiger partial charge is 0.323 e. The predicted octanol–water partition coefficient (Wildman–Crippen LogP) is 5.09. The third-order valence-electron chi connectivity index (χ3n) is 3.16. The monoisotopic (exact) mass is 388 g/mol. The predicted molar refractivity (Wildman–Crippen MR) is 95.7 cm³/mol. The molecule has 3 nitrogen and oxygen atoms in total. The summed E-state index contributed by atoms with van der Waals surface area (Å²) in [5.74, 6) is 0. The molecule has 0 spiro atoms. The lowest BCUT2D eigenvalue weighted by molar-refractivity contribution is 0.262. The van der Waals surface area contributed by atoms with Crippen molar-refractivity contribution in [3.8, 4) is 0 Å². The van der Waals surface area contributed by atoms with Gasteiger partial charge in [-0.25, -0.2) is 4.79 Å². The maximum atomic E-state index is 12.2. The molecule has 104 valence electrons. The molecule has 0 aliphatic carbocycles. The van der Waals surface area contributed by atoms with Gasteiger partial charge in [0.25, 0.3) is 0 Å². The van der Waals surface area contributed by atoms with Crippen LogP contribution >= 0.6 is 22.6 Å². The summed E-state index contributed by atoms with van der Waals surface area (Å²) in [5, 5.41) is 7.90. The van der Waals surface area contributed by atoms with Gasteiger partial charge in [0.2, 0.25) is 0 Å². The van der Waals surface area contributed by atoms with Crippen LogP contribution in [-0.4, -0.2) is 6.03 Å². The molecule has 3 aromatic carbocycles. The number of rotatable bonds is 2. The lowest BCUT2D eigenvalue weighted by Crippen LogP contribution is -2.20. The molecular weight excluding hydrogens is 375 g/mol. The number of carbonyl (C=O) groups excluding carboxylic acids is 1. The van der Waals surface area contributed by atoms with E-state index in [9.17, 15) is 4.79 Å². The van der Waals surface area contributed by atoms with Crippen LogP contribution in [0.4, 0.5) is 16.2 Å². The van der Waals surface area contributed by atoms with Crippen LogP contribution in [0, 0.1) is 3.57 Å². The normalized spacial score (nSPS) is 10.3. The standard InChI is InChI=1S/C17H13IN2O/c18-14-9-3-4-10-16(14)20-17(21)19-15-11-5-7-12-6-1-2-8-13(12)15/h1-11H,(H2,19,20,21). The molecular formula is C17H13IN2O. The molecule has 0 aromatic heterocycles. The number of hydrogen-bond acceptors (Lipinski definition) is 1. The van der Waals surface area contributed by atoms with Gasteiger partial charge in [0.05, 0.1) is 11.4 Å². The Morgan fingerprint density at radius 3 is 2.24 bits per heavy atom. The van der Waals surface area contributed by atoms with Crippen molar-refractivity contribution in [2.24, 2.45) is 0 Å². The van der Waals surface area contributed by atoms with E-state index in [-0.39, 0.29) is 6.03 Å². The first-order chi connectivity index (χ1) is 10.2. The molecule has 0 heterocycles. The molecule has 0 aliphatic heterocycles. The summed E-state index contributed by atoms with van der Waals surface area (Å²) in [6, 6.07) is 21.3. The highest BCUT2D eigenvalue weighted by Gasteiger charge is 2.07. The Morgan fingerprint density at radius 1 is 0.762 bits per heavy atom. The molecule has 0 bridgehead atoms. The number of urea groups is 1. The number of fused-ring (bicyclic) bond motifs is 1. The van der Waals surface area contributed by atoms with Crippen LogP contribution in [0.3, 0.4) is 0 Å². The zero-order valence-electron chi connectivity index (χ0n) is 11.1. The Kier molecular flexibility index (Phi) is 4.06. The van der Waals surface area contributed by atoms with Crippen molar-refractivity contribution in [3.05, 3.63) is 70.3 Å². The van der Waals surface area contributed by atoms with Crippen molar-refractivity contribution in [1.82, 2.24) is 0 Å². The van der Waals surface area contributed by atoms with Crippen molar-refractivity contribution >= 4 is 50.8 Å². The Balaban J connectivity index is 1.82. The fourth-order valence-electron chi connectivity index (χ4n) is 2.17. The minimum absolute atomic E-state index is 0.240. The van der Waals surface area contributed by atoms with Crippen LogP contribution in [0.15, 0.2) is 66.7 Å². The molecule has 3 rings (SSSR count). The van der Waals surface area contributed by atoms with Gasteiger partial charge in [0.1, 0.15) is 0 Å².